The van der Waals surface area contributed by atoms with E-state index in [1.54, 1.807) is 0 Å². The second kappa shape index (κ2) is 6.24. The Kier molecular flexibility index (Phi) is 4.66. The van der Waals surface area contributed by atoms with E-state index in [1.807, 2.05) is 12.1 Å². The van der Waals surface area contributed by atoms with Crippen molar-refractivity contribution < 1.29 is 0 Å². The maximum absolute atomic E-state index is 9.34. The second-order valence-electron chi connectivity index (χ2n) is 4.82. The van der Waals surface area contributed by atoms with Gasteiger partial charge in [-0.2, -0.15) is 5.26 Å². The van der Waals surface area contributed by atoms with Gasteiger partial charge in [0.1, 0.15) is 6.07 Å². The largest absolute Gasteiger partial charge is 0.368 e. The molecule has 0 amide bonds. The molecule has 0 radical (unpaired) electrons. The number of anilines is 1. The van der Waals surface area contributed by atoms with Crippen molar-refractivity contribution in [3.05, 3.63) is 28.2 Å². The standard InChI is InChI=1S/C15H19BrN2/c1-2-18(12-7-4-3-5-8-12)15-10-6-9-14(16)13(15)11-17/h6,9-10,12H,2-5,7-8H2,1H3. The molecule has 0 heterocycles. The third-order valence-electron chi connectivity index (χ3n) is 3.77. The van der Waals surface area contributed by atoms with E-state index in [4.69, 9.17) is 0 Å². The normalized spacial score (nSPS) is 16.3. The summed E-state index contributed by atoms with van der Waals surface area (Å²) in [6, 6.07) is 8.96. The van der Waals surface area contributed by atoms with Crippen molar-refractivity contribution >= 4 is 21.6 Å². The maximum atomic E-state index is 9.34. The number of hydrogen-bond donors (Lipinski definition) is 0. The summed E-state index contributed by atoms with van der Waals surface area (Å²) in [4.78, 5) is 2.41. The minimum absolute atomic E-state index is 0.602. The Hall–Kier alpha value is -1.01. The average Bonchev–Trinajstić information content (AvgIpc) is 2.41. The minimum atomic E-state index is 0.602. The fourth-order valence-corrected chi connectivity index (χ4v) is 3.33. The van der Waals surface area contributed by atoms with Crippen LogP contribution >= 0.6 is 15.9 Å². The van der Waals surface area contributed by atoms with E-state index in [2.05, 4.69) is 39.9 Å². The van der Waals surface area contributed by atoms with Crippen LogP contribution in [0.4, 0.5) is 5.69 Å². The molecule has 1 aliphatic rings. The first-order chi connectivity index (χ1) is 8.77. The third-order valence-corrected chi connectivity index (χ3v) is 4.43. The van der Waals surface area contributed by atoms with Gasteiger partial charge in [-0.1, -0.05) is 25.3 Å². The second-order valence-corrected chi connectivity index (χ2v) is 5.68. The van der Waals surface area contributed by atoms with Crippen LogP contribution in [-0.2, 0) is 0 Å². The first-order valence-corrected chi connectivity index (χ1v) is 7.52. The Labute approximate surface area is 118 Å². The minimum Gasteiger partial charge on any atom is -0.368 e. The fourth-order valence-electron chi connectivity index (χ4n) is 2.88. The lowest BCUT2D eigenvalue weighted by Gasteiger charge is -2.36. The predicted octanol–water partition coefficient (Wildman–Crippen LogP) is 4.48. The Morgan fingerprint density at radius 2 is 2.06 bits per heavy atom. The predicted molar refractivity (Wildman–Crippen MR) is 78.8 cm³/mol. The zero-order valence-corrected chi connectivity index (χ0v) is 12.4. The summed E-state index contributed by atoms with van der Waals surface area (Å²) in [7, 11) is 0. The van der Waals surface area contributed by atoms with Gasteiger partial charge in [-0.3, -0.25) is 0 Å². The molecule has 0 saturated heterocycles. The zero-order chi connectivity index (χ0) is 13.0. The summed E-state index contributed by atoms with van der Waals surface area (Å²) in [5.74, 6) is 0. The van der Waals surface area contributed by atoms with E-state index in [0.29, 0.717) is 6.04 Å². The van der Waals surface area contributed by atoms with E-state index < -0.39 is 0 Å². The number of nitrogens with zero attached hydrogens (tertiary/aromatic N) is 2. The molecule has 1 aromatic carbocycles. The van der Waals surface area contributed by atoms with Crippen LogP contribution in [0.2, 0.25) is 0 Å². The quantitative estimate of drug-likeness (QED) is 0.823. The maximum Gasteiger partial charge on any atom is 0.103 e. The van der Waals surface area contributed by atoms with Gasteiger partial charge in [0.25, 0.3) is 0 Å². The van der Waals surface area contributed by atoms with Gasteiger partial charge in [-0.05, 0) is 47.8 Å². The molecule has 96 valence electrons. The summed E-state index contributed by atoms with van der Waals surface area (Å²) in [6.45, 7) is 3.15. The molecule has 0 spiro atoms. The average molecular weight is 307 g/mol. The van der Waals surface area contributed by atoms with Crippen LogP contribution < -0.4 is 4.90 Å². The van der Waals surface area contributed by atoms with Crippen LogP contribution in [0.3, 0.4) is 0 Å². The molecule has 1 fully saturated rings. The fraction of sp³-hybridized carbons (Fsp3) is 0.533. The van der Waals surface area contributed by atoms with Gasteiger partial charge in [0.2, 0.25) is 0 Å². The van der Waals surface area contributed by atoms with E-state index in [9.17, 15) is 5.26 Å². The highest BCUT2D eigenvalue weighted by atomic mass is 79.9. The first kappa shape index (κ1) is 13.4. The molecular weight excluding hydrogens is 288 g/mol. The van der Waals surface area contributed by atoms with Crippen LogP contribution in [0.15, 0.2) is 22.7 Å². The van der Waals surface area contributed by atoms with Crippen molar-refractivity contribution in [2.75, 3.05) is 11.4 Å². The van der Waals surface area contributed by atoms with Crippen LogP contribution in [0.25, 0.3) is 0 Å². The summed E-state index contributed by atoms with van der Waals surface area (Å²) >= 11 is 3.48. The molecule has 0 aliphatic heterocycles. The molecule has 2 nitrogen and oxygen atoms in total. The Bertz CT molecular complexity index is 444. The van der Waals surface area contributed by atoms with Gasteiger partial charge in [-0.25, -0.2) is 0 Å². The lowest BCUT2D eigenvalue weighted by molar-refractivity contribution is 0.418. The molecule has 1 aliphatic carbocycles. The molecule has 1 aromatic rings. The van der Waals surface area contributed by atoms with Gasteiger partial charge >= 0.3 is 0 Å². The van der Waals surface area contributed by atoms with Crippen molar-refractivity contribution in [2.24, 2.45) is 0 Å². The zero-order valence-electron chi connectivity index (χ0n) is 10.8. The molecule has 1 saturated carbocycles. The van der Waals surface area contributed by atoms with Gasteiger partial charge in [-0.15, -0.1) is 0 Å². The number of benzene rings is 1. The highest BCUT2D eigenvalue weighted by Crippen LogP contribution is 2.32. The number of rotatable bonds is 3. The molecule has 0 aromatic heterocycles. The van der Waals surface area contributed by atoms with E-state index >= 15 is 0 Å². The number of halogens is 1. The summed E-state index contributed by atoms with van der Waals surface area (Å²) in [5.41, 5.74) is 1.85. The van der Waals surface area contributed by atoms with E-state index in [0.717, 1.165) is 22.3 Å². The van der Waals surface area contributed by atoms with Crippen LogP contribution in [0.5, 0.6) is 0 Å². The first-order valence-electron chi connectivity index (χ1n) is 6.73. The highest BCUT2D eigenvalue weighted by Gasteiger charge is 2.22. The van der Waals surface area contributed by atoms with Crippen LogP contribution in [-0.4, -0.2) is 12.6 Å². The molecule has 0 bridgehead atoms. The monoisotopic (exact) mass is 306 g/mol. The Morgan fingerprint density at radius 3 is 2.67 bits per heavy atom. The van der Waals surface area contributed by atoms with Crippen molar-refractivity contribution in [1.82, 2.24) is 0 Å². The Balaban J connectivity index is 2.32. The van der Waals surface area contributed by atoms with Gasteiger partial charge in [0.15, 0.2) is 0 Å². The van der Waals surface area contributed by atoms with Crippen molar-refractivity contribution in [2.45, 2.75) is 45.1 Å². The van der Waals surface area contributed by atoms with Crippen molar-refractivity contribution in [3.63, 3.8) is 0 Å². The van der Waals surface area contributed by atoms with Crippen molar-refractivity contribution in [3.8, 4) is 6.07 Å². The number of nitriles is 1. The smallest absolute Gasteiger partial charge is 0.103 e. The summed E-state index contributed by atoms with van der Waals surface area (Å²) in [5, 5.41) is 9.34. The van der Waals surface area contributed by atoms with Crippen molar-refractivity contribution in [1.29, 1.82) is 5.26 Å². The molecule has 18 heavy (non-hydrogen) atoms. The lowest BCUT2D eigenvalue weighted by atomic mass is 9.93. The molecule has 2 rings (SSSR count). The van der Waals surface area contributed by atoms with E-state index in [-0.39, 0.29) is 0 Å². The summed E-state index contributed by atoms with van der Waals surface area (Å²) < 4.78 is 0.900. The molecule has 3 heteroatoms. The molecule has 0 atom stereocenters. The van der Waals surface area contributed by atoms with Gasteiger partial charge in [0.05, 0.1) is 11.3 Å². The van der Waals surface area contributed by atoms with Crippen LogP contribution in [0, 0.1) is 11.3 Å². The lowest BCUT2D eigenvalue weighted by Crippen LogP contribution is -2.37. The third kappa shape index (κ3) is 2.70. The molecular formula is C15H19BrN2. The van der Waals surface area contributed by atoms with Gasteiger partial charge in [0, 0.05) is 17.1 Å². The SMILES string of the molecule is CCN(c1cccc(Br)c1C#N)C1CCCCC1. The van der Waals surface area contributed by atoms with E-state index in [1.165, 1.54) is 32.1 Å². The number of hydrogen-bond acceptors (Lipinski definition) is 2. The summed E-state index contributed by atoms with van der Waals surface area (Å²) in [6.07, 6.45) is 6.50. The van der Waals surface area contributed by atoms with Crippen LogP contribution in [0.1, 0.15) is 44.6 Å². The molecule has 0 unspecified atom stereocenters. The van der Waals surface area contributed by atoms with Gasteiger partial charge < -0.3 is 4.90 Å². The highest BCUT2D eigenvalue weighted by molar-refractivity contribution is 9.10. The molecule has 0 N–H and O–H groups in total. The topological polar surface area (TPSA) is 27.0 Å². The Morgan fingerprint density at radius 1 is 1.33 bits per heavy atom.